The highest BCUT2D eigenvalue weighted by molar-refractivity contribution is 6.32. The maximum Gasteiger partial charge on any atom is 0.265 e. The summed E-state index contributed by atoms with van der Waals surface area (Å²) in [5.74, 6) is 0.288. The van der Waals surface area contributed by atoms with Crippen molar-refractivity contribution in [3.63, 3.8) is 0 Å². The zero-order valence-corrected chi connectivity index (χ0v) is 15.6. The first kappa shape index (κ1) is 16.6. The lowest BCUT2D eigenvalue weighted by Crippen LogP contribution is -1.99. The van der Waals surface area contributed by atoms with E-state index >= 15 is 0 Å². The smallest absolute Gasteiger partial charge is 0.265 e. The van der Waals surface area contributed by atoms with Gasteiger partial charge in [0.15, 0.2) is 5.65 Å². The first-order valence-electron chi connectivity index (χ1n) is 8.64. The van der Waals surface area contributed by atoms with Gasteiger partial charge in [0.25, 0.3) is 5.95 Å². The van der Waals surface area contributed by atoms with Crippen LogP contribution >= 0.6 is 11.6 Å². The molecule has 3 heterocycles. The number of rotatable bonds is 3. The van der Waals surface area contributed by atoms with Crippen molar-refractivity contribution in [2.45, 2.75) is 6.92 Å². The van der Waals surface area contributed by atoms with Gasteiger partial charge in [-0.05, 0) is 30.7 Å². The molecule has 2 aromatic carbocycles. The van der Waals surface area contributed by atoms with Gasteiger partial charge in [-0.15, -0.1) is 10.2 Å². The van der Waals surface area contributed by atoms with Crippen LogP contribution in [0, 0.1) is 6.92 Å². The number of anilines is 1. The molecule has 0 unspecified atom stereocenters. The normalized spacial score (nSPS) is 11.8. The molecule has 0 aliphatic rings. The monoisotopic (exact) mass is 387 g/mol. The standard InChI is InChI=1S/C20H14ClN7/c1-11-6-7-12-9-13(18(21)23-16(12)8-11)10-22-27-20-25-19-17(26-28-20)14-4-2-3-5-15(14)24-19/h2-10H,1H3,(H2,24,25,27,28). The van der Waals surface area contributed by atoms with Crippen LogP contribution in [0.2, 0.25) is 5.15 Å². The molecule has 8 heteroatoms. The number of para-hydroxylation sites is 1. The molecule has 0 saturated carbocycles. The summed E-state index contributed by atoms with van der Waals surface area (Å²) in [6, 6.07) is 15.8. The van der Waals surface area contributed by atoms with Crippen molar-refractivity contribution in [3.8, 4) is 0 Å². The van der Waals surface area contributed by atoms with Crippen LogP contribution in [0.3, 0.4) is 0 Å². The summed E-state index contributed by atoms with van der Waals surface area (Å²) in [6.45, 7) is 2.02. The van der Waals surface area contributed by atoms with Crippen LogP contribution in [0.1, 0.15) is 11.1 Å². The number of hydrogen-bond donors (Lipinski definition) is 2. The van der Waals surface area contributed by atoms with Crippen molar-refractivity contribution in [1.82, 2.24) is 25.1 Å². The van der Waals surface area contributed by atoms with Gasteiger partial charge >= 0.3 is 0 Å². The number of benzene rings is 2. The second-order valence-corrected chi connectivity index (χ2v) is 6.80. The number of hydrogen-bond acceptors (Lipinski definition) is 6. The van der Waals surface area contributed by atoms with Crippen molar-refractivity contribution in [2.75, 3.05) is 5.43 Å². The SMILES string of the molecule is Cc1ccc2cc(C=NNc3nnc4c(n3)[nH]c3ccccc34)c(Cl)nc2c1. The second kappa shape index (κ2) is 6.54. The van der Waals surface area contributed by atoms with Gasteiger partial charge in [0.2, 0.25) is 0 Å². The maximum atomic E-state index is 6.28. The van der Waals surface area contributed by atoms with E-state index in [0.29, 0.717) is 16.4 Å². The molecule has 0 spiro atoms. The zero-order chi connectivity index (χ0) is 19.1. The van der Waals surface area contributed by atoms with Crippen molar-refractivity contribution in [2.24, 2.45) is 5.10 Å². The highest BCUT2D eigenvalue weighted by Crippen LogP contribution is 2.22. The van der Waals surface area contributed by atoms with E-state index in [1.54, 1.807) is 6.21 Å². The average molecular weight is 388 g/mol. The molecule has 28 heavy (non-hydrogen) atoms. The fourth-order valence-corrected chi connectivity index (χ4v) is 3.28. The topological polar surface area (TPSA) is 91.7 Å². The van der Waals surface area contributed by atoms with Crippen LogP contribution in [0.15, 0.2) is 53.6 Å². The molecule has 0 fully saturated rings. The fourth-order valence-electron chi connectivity index (χ4n) is 3.09. The Morgan fingerprint density at radius 1 is 1.07 bits per heavy atom. The molecular weight excluding hydrogens is 374 g/mol. The number of halogens is 1. The summed E-state index contributed by atoms with van der Waals surface area (Å²) in [6.07, 6.45) is 1.59. The molecule has 0 aliphatic heterocycles. The van der Waals surface area contributed by atoms with E-state index in [9.17, 15) is 0 Å². The Morgan fingerprint density at radius 3 is 2.89 bits per heavy atom. The summed E-state index contributed by atoms with van der Waals surface area (Å²) in [5, 5.41) is 14.9. The van der Waals surface area contributed by atoms with Crippen LogP contribution < -0.4 is 5.43 Å². The minimum Gasteiger partial charge on any atom is -0.338 e. The lowest BCUT2D eigenvalue weighted by atomic mass is 10.1. The van der Waals surface area contributed by atoms with Gasteiger partial charge in [-0.3, -0.25) is 0 Å². The van der Waals surface area contributed by atoms with Crippen LogP contribution in [-0.4, -0.2) is 31.4 Å². The van der Waals surface area contributed by atoms with E-state index < -0.39 is 0 Å². The number of pyridine rings is 1. The third-order valence-corrected chi connectivity index (χ3v) is 4.75. The van der Waals surface area contributed by atoms with Crippen LogP contribution in [0.5, 0.6) is 0 Å². The Kier molecular flexibility index (Phi) is 3.87. The predicted molar refractivity (Wildman–Crippen MR) is 112 cm³/mol. The number of aromatic amines is 1. The third kappa shape index (κ3) is 2.91. The Bertz CT molecular complexity index is 1370. The Labute approximate surface area is 164 Å². The van der Waals surface area contributed by atoms with Gasteiger partial charge in [0, 0.05) is 21.9 Å². The summed E-state index contributed by atoms with van der Waals surface area (Å²) in [4.78, 5) is 12.1. The van der Waals surface area contributed by atoms with E-state index in [2.05, 4.69) is 35.7 Å². The zero-order valence-electron chi connectivity index (χ0n) is 14.8. The molecule has 5 aromatic rings. The molecule has 0 bridgehead atoms. The van der Waals surface area contributed by atoms with E-state index in [-0.39, 0.29) is 5.95 Å². The minimum atomic E-state index is 0.288. The highest BCUT2D eigenvalue weighted by Gasteiger charge is 2.08. The number of nitrogens with one attached hydrogen (secondary N) is 2. The number of aromatic nitrogens is 5. The van der Waals surface area contributed by atoms with Crippen LogP contribution in [-0.2, 0) is 0 Å². The first-order valence-corrected chi connectivity index (χ1v) is 9.02. The number of aryl methyl sites for hydroxylation is 1. The van der Waals surface area contributed by atoms with Crippen LogP contribution in [0.4, 0.5) is 5.95 Å². The van der Waals surface area contributed by atoms with Gasteiger partial charge in [-0.25, -0.2) is 10.4 Å². The third-order valence-electron chi connectivity index (χ3n) is 4.44. The van der Waals surface area contributed by atoms with Gasteiger partial charge in [0.05, 0.1) is 11.7 Å². The molecular formula is C20H14ClN7. The molecule has 0 radical (unpaired) electrons. The number of H-pyrrole nitrogens is 1. The molecule has 0 saturated heterocycles. The number of fused-ring (bicyclic) bond motifs is 4. The molecule has 0 amide bonds. The van der Waals surface area contributed by atoms with E-state index in [0.717, 1.165) is 32.9 Å². The van der Waals surface area contributed by atoms with Gasteiger partial charge in [-0.2, -0.15) is 10.1 Å². The minimum absolute atomic E-state index is 0.288. The van der Waals surface area contributed by atoms with Gasteiger partial charge in [-0.1, -0.05) is 41.9 Å². The van der Waals surface area contributed by atoms with Crippen molar-refractivity contribution in [1.29, 1.82) is 0 Å². The molecule has 0 atom stereocenters. The summed E-state index contributed by atoms with van der Waals surface area (Å²) in [7, 11) is 0. The van der Waals surface area contributed by atoms with Crippen LogP contribution in [0.25, 0.3) is 33.0 Å². The van der Waals surface area contributed by atoms with E-state index in [1.165, 1.54) is 0 Å². The van der Waals surface area contributed by atoms with Gasteiger partial charge in [0.1, 0.15) is 10.7 Å². The summed E-state index contributed by atoms with van der Waals surface area (Å²) < 4.78 is 0. The van der Waals surface area contributed by atoms with E-state index in [1.807, 2.05) is 55.5 Å². The Balaban J connectivity index is 1.43. The second-order valence-electron chi connectivity index (χ2n) is 6.44. The molecule has 2 N–H and O–H groups in total. The molecule has 7 nitrogen and oxygen atoms in total. The first-order chi connectivity index (χ1) is 13.7. The fraction of sp³-hybridized carbons (Fsp3) is 0.0500. The highest BCUT2D eigenvalue weighted by atomic mass is 35.5. The average Bonchev–Trinajstić information content (AvgIpc) is 3.06. The summed E-state index contributed by atoms with van der Waals surface area (Å²) >= 11 is 6.28. The Morgan fingerprint density at radius 2 is 1.96 bits per heavy atom. The number of nitrogens with zero attached hydrogens (tertiary/aromatic N) is 5. The quantitative estimate of drug-likeness (QED) is 0.271. The lowest BCUT2D eigenvalue weighted by molar-refractivity contribution is 1.01. The van der Waals surface area contributed by atoms with Crippen molar-refractivity contribution < 1.29 is 0 Å². The lowest BCUT2D eigenvalue weighted by Gasteiger charge is -2.03. The van der Waals surface area contributed by atoms with Crippen molar-refractivity contribution in [3.05, 3.63) is 64.8 Å². The summed E-state index contributed by atoms with van der Waals surface area (Å²) in [5.41, 5.74) is 7.81. The predicted octanol–water partition coefficient (Wildman–Crippen LogP) is 4.46. The number of hydrazone groups is 1. The molecule has 0 aliphatic carbocycles. The molecule has 3 aromatic heterocycles. The largest absolute Gasteiger partial charge is 0.338 e. The van der Waals surface area contributed by atoms with Gasteiger partial charge < -0.3 is 4.98 Å². The Hall–Kier alpha value is -3.58. The van der Waals surface area contributed by atoms with E-state index in [4.69, 9.17) is 11.6 Å². The molecule has 136 valence electrons. The molecule has 5 rings (SSSR count). The van der Waals surface area contributed by atoms with Crippen molar-refractivity contribution >= 4 is 56.7 Å². The maximum absolute atomic E-state index is 6.28.